The van der Waals surface area contributed by atoms with E-state index in [0.717, 1.165) is 34.0 Å². The van der Waals surface area contributed by atoms with E-state index in [1.165, 1.54) is 11.1 Å². The second-order valence-corrected chi connectivity index (χ2v) is 6.33. The Labute approximate surface area is 128 Å². The molecule has 4 heteroatoms. The molecule has 0 aliphatic carbocycles. The first-order valence-corrected chi connectivity index (χ1v) is 8.01. The Kier molecular flexibility index (Phi) is 3.88. The van der Waals surface area contributed by atoms with E-state index in [1.54, 1.807) is 11.8 Å². The molecule has 1 heterocycles. The van der Waals surface area contributed by atoms with Crippen LogP contribution in [0.4, 0.5) is 11.4 Å². The highest BCUT2D eigenvalue weighted by Gasteiger charge is 2.16. The Balaban J connectivity index is 1.81. The molecule has 0 bridgehead atoms. The number of hydrogen-bond acceptors (Lipinski definition) is 3. The van der Waals surface area contributed by atoms with E-state index in [0.29, 0.717) is 6.42 Å². The first kappa shape index (κ1) is 14.0. The molecule has 108 valence electrons. The number of nitrogen functional groups attached to an aromatic ring is 1. The highest BCUT2D eigenvalue weighted by atomic mass is 32.2. The highest BCUT2D eigenvalue weighted by molar-refractivity contribution is 7.98. The summed E-state index contributed by atoms with van der Waals surface area (Å²) in [7, 11) is 0. The van der Waals surface area contributed by atoms with Gasteiger partial charge in [0.15, 0.2) is 0 Å². The minimum Gasteiger partial charge on any atom is -0.398 e. The maximum Gasteiger partial charge on any atom is 0.224 e. The number of amides is 1. The molecule has 3 nitrogen and oxygen atoms in total. The molecule has 1 aliphatic heterocycles. The lowest BCUT2D eigenvalue weighted by Gasteiger charge is -2.19. The molecule has 0 saturated carbocycles. The molecule has 0 radical (unpaired) electrons. The zero-order valence-electron chi connectivity index (χ0n) is 12.0. The van der Waals surface area contributed by atoms with Gasteiger partial charge in [0.05, 0.1) is 0 Å². The summed E-state index contributed by atoms with van der Waals surface area (Å²) in [4.78, 5) is 12.5. The third-order valence-electron chi connectivity index (χ3n) is 3.78. The van der Waals surface area contributed by atoms with Crippen molar-refractivity contribution in [1.82, 2.24) is 0 Å². The van der Waals surface area contributed by atoms with Gasteiger partial charge >= 0.3 is 0 Å². The molecule has 3 rings (SSSR count). The Bertz CT molecular complexity index is 697. The molecule has 0 unspecified atom stereocenters. The maximum absolute atomic E-state index is 11.5. The van der Waals surface area contributed by atoms with Gasteiger partial charge in [-0.25, -0.2) is 0 Å². The van der Waals surface area contributed by atoms with Crippen LogP contribution in [0.25, 0.3) is 0 Å². The number of hydrogen-bond donors (Lipinski definition) is 2. The van der Waals surface area contributed by atoms with Crippen LogP contribution in [0, 0.1) is 6.92 Å². The van der Waals surface area contributed by atoms with Crippen LogP contribution in [0.5, 0.6) is 0 Å². The molecular weight excluding hydrogens is 280 g/mol. The van der Waals surface area contributed by atoms with Crippen molar-refractivity contribution in [1.29, 1.82) is 0 Å². The summed E-state index contributed by atoms with van der Waals surface area (Å²) in [6.45, 7) is 2.12. The summed E-state index contributed by atoms with van der Waals surface area (Å²) in [6.07, 6.45) is 1.32. The van der Waals surface area contributed by atoms with Crippen molar-refractivity contribution in [3.05, 3.63) is 53.1 Å². The lowest BCUT2D eigenvalue weighted by atomic mass is 10.0. The van der Waals surface area contributed by atoms with E-state index < -0.39 is 0 Å². The molecule has 2 aromatic carbocycles. The van der Waals surface area contributed by atoms with Crippen LogP contribution in [0.1, 0.15) is 23.1 Å². The number of carbonyl (C=O) groups is 1. The monoisotopic (exact) mass is 298 g/mol. The van der Waals surface area contributed by atoms with Gasteiger partial charge in [-0.05, 0) is 42.2 Å². The average molecular weight is 298 g/mol. The van der Waals surface area contributed by atoms with Gasteiger partial charge in [-0.1, -0.05) is 24.3 Å². The Morgan fingerprint density at radius 2 is 2.05 bits per heavy atom. The van der Waals surface area contributed by atoms with Gasteiger partial charge < -0.3 is 11.1 Å². The largest absolute Gasteiger partial charge is 0.398 e. The standard InChI is InChI=1S/C17H18N2OS/c1-11-4-2-3-5-13(11)10-21-16-9-15-12(8-14(16)18)6-7-17(20)19-15/h2-5,8-9H,6-7,10,18H2,1H3,(H,19,20). The minimum absolute atomic E-state index is 0.0853. The molecule has 21 heavy (non-hydrogen) atoms. The Morgan fingerprint density at radius 1 is 1.24 bits per heavy atom. The summed E-state index contributed by atoms with van der Waals surface area (Å²) >= 11 is 1.71. The van der Waals surface area contributed by atoms with E-state index in [4.69, 9.17) is 5.73 Å². The zero-order chi connectivity index (χ0) is 14.8. The summed E-state index contributed by atoms with van der Waals surface area (Å²) in [5, 5.41) is 2.93. The van der Waals surface area contributed by atoms with Crippen LogP contribution in [-0.2, 0) is 17.0 Å². The first-order valence-electron chi connectivity index (χ1n) is 7.03. The average Bonchev–Trinajstić information content (AvgIpc) is 2.47. The second kappa shape index (κ2) is 5.82. The van der Waals surface area contributed by atoms with Gasteiger partial charge in [0.25, 0.3) is 0 Å². The molecule has 0 aromatic heterocycles. The molecule has 3 N–H and O–H groups in total. The van der Waals surface area contributed by atoms with Gasteiger partial charge in [-0.3, -0.25) is 4.79 Å². The third-order valence-corrected chi connectivity index (χ3v) is 4.90. The highest BCUT2D eigenvalue weighted by Crippen LogP contribution is 2.35. The number of nitrogens with one attached hydrogen (secondary N) is 1. The smallest absolute Gasteiger partial charge is 0.224 e. The predicted octanol–water partition coefficient (Wildman–Crippen LogP) is 3.75. The minimum atomic E-state index is 0.0853. The molecule has 1 aliphatic rings. The Morgan fingerprint density at radius 3 is 2.86 bits per heavy atom. The predicted molar refractivity (Wildman–Crippen MR) is 88.5 cm³/mol. The summed E-state index contributed by atoms with van der Waals surface area (Å²) in [5.74, 6) is 0.964. The fourth-order valence-electron chi connectivity index (χ4n) is 2.48. The first-order chi connectivity index (χ1) is 10.1. The van der Waals surface area contributed by atoms with Gasteiger partial charge in [0.2, 0.25) is 5.91 Å². The number of rotatable bonds is 3. The van der Waals surface area contributed by atoms with Gasteiger partial charge in [-0.2, -0.15) is 0 Å². The van der Waals surface area contributed by atoms with Gasteiger partial charge in [-0.15, -0.1) is 11.8 Å². The van der Waals surface area contributed by atoms with E-state index in [9.17, 15) is 4.79 Å². The van der Waals surface area contributed by atoms with Crippen molar-refractivity contribution in [2.24, 2.45) is 0 Å². The molecule has 0 spiro atoms. The maximum atomic E-state index is 11.5. The second-order valence-electron chi connectivity index (χ2n) is 5.31. The van der Waals surface area contributed by atoms with Crippen LogP contribution in [0.15, 0.2) is 41.3 Å². The van der Waals surface area contributed by atoms with Gasteiger partial charge in [0.1, 0.15) is 0 Å². The molecule has 1 amide bonds. The van der Waals surface area contributed by atoms with Crippen molar-refractivity contribution in [2.45, 2.75) is 30.4 Å². The van der Waals surface area contributed by atoms with Crippen molar-refractivity contribution < 1.29 is 4.79 Å². The normalized spacial score (nSPS) is 13.7. The fraction of sp³-hybridized carbons (Fsp3) is 0.235. The van der Waals surface area contributed by atoms with E-state index in [-0.39, 0.29) is 5.91 Å². The SMILES string of the molecule is Cc1ccccc1CSc1cc2c(cc1N)CCC(=O)N2. The third kappa shape index (κ3) is 3.05. The Hall–Kier alpha value is -1.94. The topological polar surface area (TPSA) is 55.1 Å². The fourth-order valence-corrected chi connectivity index (χ4v) is 3.54. The van der Waals surface area contributed by atoms with Crippen LogP contribution in [-0.4, -0.2) is 5.91 Å². The number of benzene rings is 2. The molecule has 0 fully saturated rings. The number of aryl methyl sites for hydroxylation is 2. The van der Waals surface area contributed by atoms with Crippen molar-refractivity contribution in [2.75, 3.05) is 11.1 Å². The van der Waals surface area contributed by atoms with Crippen molar-refractivity contribution in [3.8, 4) is 0 Å². The molecule has 0 atom stereocenters. The van der Waals surface area contributed by atoms with Crippen LogP contribution >= 0.6 is 11.8 Å². The number of anilines is 2. The summed E-state index contributed by atoms with van der Waals surface area (Å²) in [5.41, 5.74) is 11.6. The number of nitrogens with two attached hydrogens (primary N) is 1. The lowest BCUT2D eigenvalue weighted by molar-refractivity contribution is -0.116. The van der Waals surface area contributed by atoms with Crippen molar-refractivity contribution >= 4 is 29.0 Å². The van der Waals surface area contributed by atoms with Crippen LogP contribution < -0.4 is 11.1 Å². The van der Waals surface area contributed by atoms with Crippen molar-refractivity contribution in [3.63, 3.8) is 0 Å². The lowest BCUT2D eigenvalue weighted by Crippen LogP contribution is -2.19. The van der Waals surface area contributed by atoms with Gasteiger partial charge in [0, 0.05) is 28.4 Å². The number of thioether (sulfide) groups is 1. The summed E-state index contributed by atoms with van der Waals surface area (Å²) in [6, 6.07) is 12.4. The van der Waals surface area contributed by atoms with E-state index in [1.807, 2.05) is 18.2 Å². The van der Waals surface area contributed by atoms with Crippen LogP contribution in [0.3, 0.4) is 0 Å². The quantitative estimate of drug-likeness (QED) is 0.670. The molecule has 0 saturated heterocycles. The van der Waals surface area contributed by atoms with E-state index in [2.05, 4.69) is 30.4 Å². The van der Waals surface area contributed by atoms with Crippen LogP contribution in [0.2, 0.25) is 0 Å². The number of fused-ring (bicyclic) bond motifs is 1. The molecular formula is C17H18N2OS. The van der Waals surface area contributed by atoms with E-state index >= 15 is 0 Å². The summed E-state index contributed by atoms with van der Waals surface area (Å²) < 4.78 is 0. The molecule has 2 aromatic rings. The number of carbonyl (C=O) groups excluding carboxylic acids is 1. The zero-order valence-corrected chi connectivity index (χ0v) is 12.8.